The third-order valence-corrected chi connectivity index (χ3v) is 14.2. The zero-order valence-electron chi connectivity index (χ0n) is 31.5. The van der Waals surface area contributed by atoms with E-state index in [9.17, 15) is 8.42 Å². The first-order valence-electron chi connectivity index (χ1n) is 19.8. The Morgan fingerprint density at radius 1 is 0.305 bits per heavy atom. The van der Waals surface area contributed by atoms with Gasteiger partial charge in [-0.05, 0) is 84.9 Å². The molecule has 1 aliphatic rings. The van der Waals surface area contributed by atoms with Crippen LogP contribution in [-0.2, 0) is 9.84 Å². The molecule has 278 valence electrons. The number of hydrogen-bond acceptors (Lipinski definition) is 2. The van der Waals surface area contributed by atoms with Gasteiger partial charge < -0.3 is 0 Å². The van der Waals surface area contributed by atoms with Crippen LogP contribution < -0.4 is 0 Å². The number of para-hydroxylation sites is 6. The normalized spacial score (nSPS) is 13.4. The average Bonchev–Trinajstić information content (AvgIpc) is 4.05. The third kappa shape index (κ3) is 4.26. The van der Waals surface area contributed by atoms with Gasteiger partial charge in [0, 0.05) is 66.2 Å². The highest BCUT2D eigenvalue weighted by Crippen LogP contribution is 2.48. The molecule has 0 unspecified atom stereocenters. The topological polar surface area (TPSA) is 53.9 Å². The highest BCUT2D eigenvalue weighted by molar-refractivity contribution is 7.92. The maximum Gasteiger partial charge on any atom is 0.207 e. The molecule has 0 amide bonds. The van der Waals surface area contributed by atoms with Crippen molar-refractivity contribution in [2.45, 2.75) is 9.79 Å². The number of sulfone groups is 1. The first-order chi connectivity index (χ1) is 29.1. The van der Waals surface area contributed by atoms with Crippen LogP contribution in [0, 0.1) is 0 Å². The molecule has 5 heterocycles. The third-order valence-electron chi connectivity index (χ3n) is 12.3. The Balaban J connectivity index is 1.10. The maximum atomic E-state index is 14.4. The fourth-order valence-electron chi connectivity index (χ4n) is 9.92. The molecular weight excluding hydrogens is 745 g/mol. The summed E-state index contributed by atoms with van der Waals surface area (Å²) < 4.78 is 38.1. The molecule has 0 N–H and O–H groups in total. The number of nitrogens with zero attached hydrogens (tertiary/aromatic N) is 4. The van der Waals surface area contributed by atoms with Crippen LogP contribution in [0.25, 0.3) is 99.6 Å². The van der Waals surface area contributed by atoms with Crippen LogP contribution in [0.5, 0.6) is 0 Å². The van der Waals surface area contributed by atoms with E-state index >= 15 is 0 Å². The molecule has 8 aromatic carbocycles. The van der Waals surface area contributed by atoms with E-state index < -0.39 is 9.84 Å². The molecule has 0 atom stereocenters. The first-order valence-corrected chi connectivity index (χ1v) is 21.3. The standard InChI is InChI=1S/C52H32N4O2S/c57-59(58)47-29-27-35(55-45-25-13-9-21-39(45)49-37-19-7-11-23-43(37)53(51(49)55)33-15-3-1-4-16-33)31-41(47)42-32-36(28-30-48(42)59)56-46-26-14-10-22-40(46)50-38-20-8-12-24-44(38)54(52(50)56)34-17-5-2-6-18-34/h1-32H. The molecule has 0 bridgehead atoms. The van der Waals surface area contributed by atoms with Crippen molar-refractivity contribution in [3.05, 3.63) is 194 Å². The number of hydrogen-bond donors (Lipinski definition) is 0. The minimum Gasteiger partial charge on any atom is -0.295 e. The molecule has 0 fully saturated rings. The Kier molecular flexibility index (Phi) is 6.45. The van der Waals surface area contributed by atoms with Crippen molar-refractivity contribution in [2.24, 2.45) is 0 Å². The van der Waals surface area contributed by atoms with E-state index in [2.05, 4.69) is 176 Å². The van der Waals surface area contributed by atoms with Crippen LogP contribution in [0.4, 0.5) is 0 Å². The lowest BCUT2D eigenvalue weighted by Gasteiger charge is -2.15. The number of benzene rings is 8. The van der Waals surface area contributed by atoms with Crippen molar-refractivity contribution in [1.29, 1.82) is 0 Å². The zero-order valence-corrected chi connectivity index (χ0v) is 32.3. The van der Waals surface area contributed by atoms with Gasteiger partial charge in [-0.2, -0.15) is 0 Å². The van der Waals surface area contributed by atoms with E-state index in [1.165, 1.54) is 10.8 Å². The quantitative estimate of drug-likeness (QED) is 0.179. The molecule has 0 spiro atoms. The Bertz CT molecular complexity index is 3600. The summed E-state index contributed by atoms with van der Waals surface area (Å²) in [6.07, 6.45) is 0. The van der Waals surface area contributed by atoms with Gasteiger partial charge >= 0.3 is 0 Å². The number of rotatable bonds is 4. The summed E-state index contributed by atoms with van der Waals surface area (Å²) in [5, 5.41) is 6.93. The van der Waals surface area contributed by atoms with Gasteiger partial charge in [0.05, 0.1) is 31.9 Å². The summed E-state index contributed by atoms with van der Waals surface area (Å²) in [4.78, 5) is 0.649. The summed E-state index contributed by atoms with van der Waals surface area (Å²) in [6, 6.07) is 66.7. The van der Waals surface area contributed by atoms with E-state index in [0.717, 1.165) is 77.7 Å². The van der Waals surface area contributed by atoms with Crippen LogP contribution >= 0.6 is 0 Å². The SMILES string of the molecule is O=S1(=O)c2ccc(-n3c4ccccc4c4c5ccccc5n(-c5ccccc5)c43)cc2-c2cc(-n3c4ccccc4c4c5ccccc5n(-c5ccccc5)c43)ccc21. The summed E-state index contributed by atoms with van der Waals surface area (Å²) in [5.41, 5.74) is 11.7. The first kappa shape index (κ1) is 32.5. The molecule has 13 rings (SSSR count). The minimum atomic E-state index is -3.78. The van der Waals surface area contributed by atoms with E-state index in [4.69, 9.17) is 0 Å². The van der Waals surface area contributed by atoms with Crippen molar-refractivity contribution in [3.8, 4) is 33.9 Å². The number of aromatic nitrogens is 4. The van der Waals surface area contributed by atoms with E-state index in [1.807, 2.05) is 24.3 Å². The second-order valence-electron chi connectivity index (χ2n) is 15.3. The summed E-state index contributed by atoms with van der Waals surface area (Å²) in [5.74, 6) is 0. The van der Waals surface area contributed by atoms with Gasteiger partial charge in [0.15, 0.2) is 0 Å². The molecule has 7 heteroatoms. The molecule has 4 aromatic heterocycles. The van der Waals surface area contributed by atoms with Crippen LogP contribution in [-0.4, -0.2) is 26.7 Å². The lowest BCUT2D eigenvalue weighted by atomic mass is 10.0. The van der Waals surface area contributed by atoms with Crippen molar-refractivity contribution in [3.63, 3.8) is 0 Å². The van der Waals surface area contributed by atoms with Crippen molar-refractivity contribution in [2.75, 3.05) is 0 Å². The van der Waals surface area contributed by atoms with E-state index in [0.29, 0.717) is 20.9 Å². The second kappa shape index (κ2) is 11.7. The molecule has 6 nitrogen and oxygen atoms in total. The molecule has 12 aromatic rings. The lowest BCUT2D eigenvalue weighted by molar-refractivity contribution is 0.598. The van der Waals surface area contributed by atoms with E-state index in [-0.39, 0.29) is 0 Å². The molecule has 59 heavy (non-hydrogen) atoms. The highest BCUT2D eigenvalue weighted by atomic mass is 32.2. The maximum absolute atomic E-state index is 14.4. The van der Waals surface area contributed by atoms with Gasteiger partial charge in [-0.15, -0.1) is 0 Å². The van der Waals surface area contributed by atoms with Crippen molar-refractivity contribution < 1.29 is 8.42 Å². The molecule has 0 aliphatic carbocycles. The van der Waals surface area contributed by atoms with Crippen molar-refractivity contribution >= 4 is 75.5 Å². The second-order valence-corrected chi connectivity index (χ2v) is 17.2. The monoisotopic (exact) mass is 776 g/mol. The Morgan fingerprint density at radius 2 is 0.610 bits per heavy atom. The summed E-state index contributed by atoms with van der Waals surface area (Å²) >= 11 is 0. The minimum absolute atomic E-state index is 0.325. The fourth-order valence-corrected chi connectivity index (χ4v) is 11.6. The van der Waals surface area contributed by atoms with E-state index in [1.54, 1.807) is 12.1 Å². The molecule has 0 radical (unpaired) electrons. The van der Waals surface area contributed by atoms with Gasteiger partial charge in [-0.3, -0.25) is 18.3 Å². The molecular formula is C52H32N4O2S. The predicted molar refractivity (Wildman–Crippen MR) is 240 cm³/mol. The largest absolute Gasteiger partial charge is 0.295 e. The summed E-state index contributed by atoms with van der Waals surface area (Å²) in [7, 11) is -3.78. The molecule has 0 saturated carbocycles. The van der Waals surface area contributed by atoms with Crippen LogP contribution in [0.3, 0.4) is 0 Å². The Hall–Kier alpha value is -7.61. The Labute approximate surface area is 338 Å². The number of fused-ring (bicyclic) bond motifs is 13. The van der Waals surface area contributed by atoms with Crippen LogP contribution in [0.1, 0.15) is 0 Å². The zero-order chi connectivity index (χ0) is 39.0. The van der Waals surface area contributed by atoms with Gasteiger partial charge in [0.25, 0.3) is 0 Å². The Morgan fingerprint density at radius 3 is 0.966 bits per heavy atom. The molecule has 0 saturated heterocycles. The lowest BCUT2D eigenvalue weighted by Crippen LogP contribution is -2.02. The van der Waals surface area contributed by atoms with Crippen molar-refractivity contribution in [1.82, 2.24) is 18.3 Å². The van der Waals surface area contributed by atoms with Gasteiger partial charge in [-0.1, -0.05) is 109 Å². The van der Waals surface area contributed by atoms with Crippen LogP contribution in [0.15, 0.2) is 204 Å². The smallest absolute Gasteiger partial charge is 0.207 e. The van der Waals surface area contributed by atoms with Gasteiger partial charge in [0.2, 0.25) is 9.84 Å². The highest BCUT2D eigenvalue weighted by Gasteiger charge is 2.35. The fraction of sp³-hybridized carbons (Fsp3) is 0. The average molecular weight is 777 g/mol. The summed E-state index contributed by atoms with van der Waals surface area (Å²) in [6.45, 7) is 0. The van der Waals surface area contributed by atoms with Gasteiger partial charge in [0.1, 0.15) is 11.3 Å². The molecule has 1 aliphatic heterocycles. The van der Waals surface area contributed by atoms with Crippen LogP contribution in [0.2, 0.25) is 0 Å². The van der Waals surface area contributed by atoms with Gasteiger partial charge in [-0.25, -0.2) is 8.42 Å². The predicted octanol–water partition coefficient (Wildman–Crippen LogP) is 12.6.